The lowest BCUT2D eigenvalue weighted by atomic mass is 9.94. The summed E-state index contributed by atoms with van der Waals surface area (Å²) >= 11 is 6.13. The molecule has 0 aromatic heterocycles. The van der Waals surface area contributed by atoms with Gasteiger partial charge in [-0.15, -0.1) is 0 Å². The number of halogens is 1. The van der Waals surface area contributed by atoms with E-state index in [4.69, 9.17) is 11.6 Å². The van der Waals surface area contributed by atoms with Gasteiger partial charge in [0.15, 0.2) is 0 Å². The Morgan fingerprint density at radius 1 is 0.960 bits per heavy atom. The molecular formula is C20H27ClN2O2. The molecule has 0 bridgehead atoms. The molecule has 0 spiro atoms. The van der Waals surface area contributed by atoms with Crippen LogP contribution in [0.15, 0.2) is 24.3 Å². The Morgan fingerprint density at radius 3 is 2.24 bits per heavy atom. The van der Waals surface area contributed by atoms with Crippen molar-refractivity contribution in [3.63, 3.8) is 0 Å². The number of amides is 2. The molecule has 5 heteroatoms. The minimum atomic E-state index is -0.0340. The van der Waals surface area contributed by atoms with Crippen LogP contribution in [0.25, 0.3) is 0 Å². The van der Waals surface area contributed by atoms with Crippen LogP contribution in [0.4, 0.5) is 0 Å². The van der Waals surface area contributed by atoms with Gasteiger partial charge in [0.05, 0.1) is 10.6 Å². The number of piperidine rings is 1. The molecule has 1 heterocycles. The summed E-state index contributed by atoms with van der Waals surface area (Å²) in [7, 11) is 0. The number of hydrogen-bond acceptors (Lipinski definition) is 2. The first-order chi connectivity index (χ1) is 12.1. The highest BCUT2D eigenvalue weighted by molar-refractivity contribution is 6.33. The largest absolute Gasteiger partial charge is 0.353 e. The third-order valence-electron chi connectivity index (χ3n) is 5.46. The number of nitrogens with zero attached hydrogens (tertiary/aromatic N) is 1. The summed E-state index contributed by atoms with van der Waals surface area (Å²) in [5.41, 5.74) is 0.547. The zero-order valence-electron chi connectivity index (χ0n) is 14.7. The Bertz CT molecular complexity index is 603. The summed E-state index contributed by atoms with van der Waals surface area (Å²) in [4.78, 5) is 27.0. The van der Waals surface area contributed by atoms with Gasteiger partial charge in [-0.1, -0.05) is 49.4 Å². The van der Waals surface area contributed by atoms with Crippen LogP contribution in [0.2, 0.25) is 5.02 Å². The monoisotopic (exact) mass is 362 g/mol. The highest BCUT2D eigenvalue weighted by atomic mass is 35.5. The van der Waals surface area contributed by atoms with E-state index in [-0.39, 0.29) is 17.7 Å². The van der Waals surface area contributed by atoms with E-state index in [1.807, 2.05) is 17.0 Å². The van der Waals surface area contributed by atoms with Gasteiger partial charge in [0.2, 0.25) is 5.91 Å². The quantitative estimate of drug-likeness (QED) is 0.825. The van der Waals surface area contributed by atoms with Gasteiger partial charge >= 0.3 is 0 Å². The number of benzene rings is 1. The maximum atomic E-state index is 12.6. The molecule has 1 aliphatic heterocycles. The molecule has 1 aliphatic carbocycles. The standard InChI is InChI=1S/C20H27ClN2O2/c21-18-10-6-5-9-17(18)20(25)23-13-11-15(12-14-23)19(24)22-16-7-3-1-2-4-8-16/h5-6,9-10,15-16H,1-4,7-8,11-14H2,(H,22,24). The van der Waals surface area contributed by atoms with Crippen molar-refractivity contribution in [1.29, 1.82) is 0 Å². The van der Waals surface area contributed by atoms with Gasteiger partial charge in [0, 0.05) is 25.0 Å². The van der Waals surface area contributed by atoms with Crippen LogP contribution in [-0.4, -0.2) is 35.8 Å². The van der Waals surface area contributed by atoms with Crippen LogP contribution < -0.4 is 5.32 Å². The van der Waals surface area contributed by atoms with E-state index in [0.717, 1.165) is 25.7 Å². The predicted octanol–water partition coefficient (Wildman–Crippen LogP) is 4.03. The van der Waals surface area contributed by atoms with Crippen LogP contribution in [0.1, 0.15) is 61.7 Å². The Morgan fingerprint density at radius 2 is 1.60 bits per heavy atom. The molecule has 4 nitrogen and oxygen atoms in total. The molecule has 1 aromatic carbocycles. The molecule has 3 rings (SSSR count). The first-order valence-electron chi connectivity index (χ1n) is 9.49. The number of carbonyl (C=O) groups excluding carboxylic acids is 2. The van der Waals surface area contributed by atoms with E-state index in [0.29, 0.717) is 29.7 Å². The number of rotatable bonds is 3. The Kier molecular flexibility index (Phi) is 6.35. The lowest BCUT2D eigenvalue weighted by Crippen LogP contribution is -2.45. The summed E-state index contributed by atoms with van der Waals surface area (Å²) in [5.74, 6) is 0.170. The minimum Gasteiger partial charge on any atom is -0.353 e. The highest BCUT2D eigenvalue weighted by Gasteiger charge is 2.29. The second-order valence-corrected chi connectivity index (χ2v) is 7.65. The number of hydrogen-bond donors (Lipinski definition) is 1. The molecule has 2 aliphatic rings. The summed E-state index contributed by atoms with van der Waals surface area (Å²) in [5, 5.41) is 3.74. The lowest BCUT2D eigenvalue weighted by Gasteiger charge is -2.32. The molecule has 0 atom stereocenters. The summed E-state index contributed by atoms with van der Waals surface area (Å²) in [6.45, 7) is 1.24. The van der Waals surface area contributed by atoms with Crippen LogP contribution in [0, 0.1) is 5.92 Å². The molecule has 25 heavy (non-hydrogen) atoms. The van der Waals surface area contributed by atoms with Crippen molar-refractivity contribution < 1.29 is 9.59 Å². The van der Waals surface area contributed by atoms with Crippen molar-refractivity contribution in [2.24, 2.45) is 5.92 Å². The third kappa shape index (κ3) is 4.75. The average molecular weight is 363 g/mol. The van der Waals surface area contributed by atoms with Gasteiger partial charge < -0.3 is 10.2 Å². The fraction of sp³-hybridized carbons (Fsp3) is 0.600. The Labute approximate surface area is 154 Å². The van der Waals surface area contributed by atoms with Gasteiger partial charge in [-0.05, 0) is 37.8 Å². The van der Waals surface area contributed by atoms with Gasteiger partial charge in [0.1, 0.15) is 0 Å². The molecule has 2 fully saturated rings. The van der Waals surface area contributed by atoms with E-state index in [1.165, 1.54) is 25.7 Å². The van der Waals surface area contributed by atoms with Gasteiger partial charge in [-0.25, -0.2) is 0 Å². The second kappa shape index (κ2) is 8.70. The predicted molar refractivity (Wildman–Crippen MR) is 99.7 cm³/mol. The van der Waals surface area contributed by atoms with E-state index in [1.54, 1.807) is 12.1 Å². The van der Waals surface area contributed by atoms with Crippen molar-refractivity contribution in [3.8, 4) is 0 Å². The van der Waals surface area contributed by atoms with Gasteiger partial charge in [-0.2, -0.15) is 0 Å². The smallest absolute Gasteiger partial charge is 0.255 e. The molecule has 1 aromatic rings. The zero-order chi connectivity index (χ0) is 17.6. The van der Waals surface area contributed by atoms with E-state index in [2.05, 4.69) is 5.32 Å². The molecule has 136 valence electrons. The van der Waals surface area contributed by atoms with Crippen LogP contribution in [-0.2, 0) is 4.79 Å². The van der Waals surface area contributed by atoms with Crippen molar-refractivity contribution in [2.45, 2.75) is 57.4 Å². The van der Waals surface area contributed by atoms with Crippen molar-refractivity contribution in [1.82, 2.24) is 10.2 Å². The van der Waals surface area contributed by atoms with Gasteiger partial charge in [0.25, 0.3) is 5.91 Å². The second-order valence-electron chi connectivity index (χ2n) is 7.24. The number of nitrogens with one attached hydrogen (secondary N) is 1. The topological polar surface area (TPSA) is 49.4 Å². The van der Waals surface area contributed by atoms with Crippen LogP contribution in [0.5, 0.6) is 0 Å². The van der Waals surface area contributed by atoms with Crippen LogP contribution in [0.3, 0.4) is 0 Å². The SMILES string of the molecule is O=C(NC1CCCCCC1)C1CCN(C(=O)c2ccccc2Cl)CC1. The first kappa shape index (κ1) is 18.2. The first-order valence-corrected chi connectivity index (χ1v) is 9.87. The summed E-state index contributed by atoms with van der Waals surface area (Å²) in [6.07, 6.45) is 8.68. The fourth-order valence-corrected chi connectivity index (χ4v) is 4.11. The number of carbonyl (C=O) groups is 2. The molecule has 1 saturated carbocycles. The molecule has 2 amide bonds. The zero-order valence-corrected chi connectivity index (χ0v) is 15.4. The summed E-state index contributed by atoms with van der Waals surface area (Å²) in [6, 6.07) is 7.49. The van der Waals surface area contributed by atoms with Crippen molar-refractivity contribution >= 4 is 23.4 Å². The van der Waals surface area contributed by atoms with Crippen molar-refractivity contribution in [2.75, 3.05) is 13.1 Å². The van der Waals surface area contributed by atoms with Gasteiger partial charge in [-0.3, -0.25) is 9.59 Å². The molecule has 1 N–H and O–H groups in total. The normalized spacial score (nSPS) is 20.1. The molecular weight excluding hydrogens is 336 g/mol. The average Bonchev–Trinajstić information content (AvgIpc) is 2.90. The van der Waals surface area contributed by atoms with E-state index >= 15 is 0 Å². The minimum absolute atomic E-state index is 0.0264. The Hall–Kier alpha value is -1.55. The Balaban J connectivity index is 1.50. The number of likely N-dealkylation sites (tertiary alicyclic amines) is 1. The fourth-order valence-electron chi connectivity index (χ4n) is 3.89. The molecule has 0 radical (unpaired) electrons. The third-order valence-corrected chi connectivity index (χ3v) is 5.79. The van der Waals surface area contributed by atoms with E-state index in [9.17, 15) is 9.59 Å². The summed E-state index contributed by atoms with van der Waals surface area (Å²) < 4.78 is 0. The van der Waals surface area contributed by atoms with E-state index < -0.39 is 0 Å². The van der Waals surface area contributed by atoms with Crippen LogP contribution >= 0.6 is 11.6 Å². The highest BCUT2D eigenvalue weighted by Crippen LogP contribution is 2.23. The van der Waals surface area contributed by atoms with Crippen molar-refractivity contribution in [3.05, 3.63) is 34.9 Å². The molecule has 1 saturated heterocycles. The maximum absolute atomic E-state index is 12.6. The lowest BCUT2D eigenvalue weighted by molar-refractivity contribution is -0.127. The maximum Gasteiger partial charge on any atom is 0.255 e. The molecule has 0 unspecified atom stereocenters.